The van der Waals surface area contributed by atoms with Crippen LogP contribution in [-0.2, 0) is 4.79 Å². The Kier molecular flexibility index (Phi) is 8.36. The first-order valence-corrected chi connectivity index (χ1v) is 16.0. The molecule has 0 radical (unpaired) electrons. The quantitative estimate of drug-likeness (QED) is 0.259. The lowest BCUT2D eigenvalue weighted by atomic mass is 9.43. The van der Waals surface area contributed by atoms with E-state index in [1.165, 1.54) is 12.0 Å². The Morgan fingerprint density at radius 1 is 1.07 bits per heavy atom. The van der Waals surface area contributed by atoms with Crippen molar-refractivity contribution < 1.29 is 13.6 Å². The number of halogens is 2. The van der Waals surface area contributed by atoms with Gasteiger partial charge in [-0.3, -0.25) is 4.79 Å². The fraction of sp³-hybridized carbons (Fsp3) is 0.757. The summed E-state index contributed by atoms with van der Waals surface area (Å²) in [4.78, 5) is 14.4. The third-order valence-electron chi connectivity index (χ3n) is 12.1. The summed E-state index contributed by atoms with van der Waals surface area (Å²) in [6.07, 6.45) is 11.9. The second-order valence-corrected chi connectivity index (χ2v) is 16.3. The highest BCUT2D eigenvalue weighted by Crippen LogP contribution is 2.74. The van der Waals surface area contributed by atoms with Gasteiger partial charge in [0.2, 0.25) is 0 Å². The molecule has 40 heavy (non-hydrogen) atoms. The van der Waals surface area contributed by atoms with Crippen LogP contribution in [0.3, 0.4) is 0 Å². The Morgan fingerprint density at radius 3 is 2.38 bits per heavy atom. The Morgan fingerprint density at radius 2 is 1.75 bits per heavy atom. The summed E-state index contributed by atoms with van der Waals surface area (Å²) in [5.41, 5.74) is -0.867. The first-order chi connectivity index (χ1) is 18.4. The van der Waals surface area contributed by atoms with Crippen molar-refractivity contribution in [1.82, 2.24) is 0 Å². The van der Waals surface area contributed by atoms with Gasteiger partial charge in [0.1, 0.15) is 17.6 Å². The molecule has 0 aromatic heterocycles. The maximum absolute atomic E-state index is 17.6. The fourth-order valence-electron chi connectivity index (χ4n) is 9.57. The molecule has 0 heterocycles. The molecule has 4 aliphatic carbocycles. The number of carbonyl (C=O) groups is 1. The van der Waals surface area contributed by atoms with Crippen LogP contribution >= 0.6 is 0 Å². The van der Waals surface area contributed by atoms with Crippen molar-refractivity contribution in [3.8, 4) is 0 Å². The smallest absolute Gasteiger partial charge is 0.139 e. The van der Waals surface area contributed by atoms with E-state index in [9.17, 15) is 4.79 Å². The van der Waals surface area contributed by atoms with Crippen LogP contribution in [0.25, 0.3) is 0 Å². The highest BCUT2D eigenvalue weighted by molar-refractivity contribution is 5.86. The van der Waals surface area contributed by atoms with Gasteiger partial charge in [0.15, 0.2) is 0 Å². The summed E-state index contributed by atoms with van der Waals surface area (Å²) in [5.74, 6) is 0.739. The van der Waals surface area contributed by atoms with E-state index in [-0.39, 0.29) is 29.1 Å². The predicted molar refractivity (Wildman–Crippen MR) is 164 cm³/mol. The molecule has 0 saturated heterocycles. The van der Waals surface area contributed by atoms with Crippen molar-refractivity contribution >= 4 is 5.78 Å². The molecule has 0 aliphatic heterocycles. The van der Waals surface area contributed by atoms with Crippen LogP contribution < -0.4 is 0 Å². The zero-order chi connectivity index (χ0) is 29.9. The van der Waals surface area contributed by atoms with Gasteiger partial charge in [0, 0.05) is 23.2 Å². The second kappa shape index (κ2) is 10.6. The lowest BCUT2D eigenvalue weighted by Crippen LogP contribution is -2.63. The van der Waals surface area contributed by atoms with Crippen LogP contribution in [-0.4, -0.2) is 17.6 Å². The molecule has 3 saturated carbocycles. The highest BCUT2D eigenvalue weighted by atomic mass is 19.1. The van der Waals surface area contributed by atoms with Crippen LogP contribution in [0.4, 0.5) is 8.78 Å². The molecule has 4 rings (SSSR count). The van der Waals surface area contributed by atoms with Crippen LogP contribution in [0.2, 0.25) is 0 Å². The third kappa shape index (κ3) is 5.04. The van der Waals surface area contributed by atoms with Gasteiger partial charge in [-0.2, -0.15) is 0 Å². The van der Waals surface area contributed by atoms with Crippen LogP contribution in [0.15, 0.2) is 48.1 Å². The normalized spacial score (nSPS) is 40.9. The Balaban J connectivity index is 1.65. The minimum Gasteiger partial charge on any atom is -0.299 e. The molecule has 1 nitrogen and oxygen atoms in total. The van der Waals surface area contributed by atoms with Gasteiger partial charge in [-0.1, -0.05) is 91.8 Å². The summed E-state index contributed by atoms with van der Waals surface area (Å²) < 4.78 is 33.6. The average molecular weight is 555 g/mol. The van der Waals surface area contributed by atoms with E-state index in [4.69, 9.17) is 0 Å². The molecule has 3 fully saturated rings. The van der Waals surface area contributed by atoms with E-state index in [0.717, 1.165) is 37.7 Å². The largest absolute Gasteiger partial charge is 0.299 e. The number of hydrogen-bond acceptors (Lipinski definition) is 1. The Bertz CT molecular complexity index is 1090. The van der Waals surface area contributed by atoms with Crippen molar-refractivity contribution in [2.45, 2.75) is 131 Å². The Hall–Kier alpha value is -1.51. The number of Topliss-reactive ketones (excluding diaryl/α,β-unsaturated/α-hetero) is 1. The van der Waals surface area contributed by atoms with Gasteiger partial charge < -0.3 is 0 Å². The van der Waals surface area contributed by atoms with Crippen LogP contribution in [0.1, 0.15) is 120 Å². The molecule has 8 atom stereocenters. The molecule has 0 amide bonds. The predicted octanol–water partition coefficient (Wildman–Crippen LogP) is 10.7. The van der Waals surface area contributed by atoms with E-state index in [2.05, 4.69) is 61.6 Å². The molecule has 224 valence electrons. The first-order valence-electron chi connectivity index (χ1n) is 16.0. The van der Waals surface area contributed by atoms with Gasteiger partial charge >= 0.3 is 0 Å². The van der Waals surface area contributed by atoms with Gasteiger partial charge in [0.25, 0.3) is 0 Å². The molecular formula is C37H56F2O. The maximum atomic E-state index is 17.6. The molecule has 0 bridgehead atoms. The van der Waals surface area contributed by atoms with Crippen LogP contribution in [0.5, 0.6) is 0 Å². The number of carbonyl (C=O) groups excluding carboxylic acids is 1. The average Bonchev–Trinajstić information content (AvgIpc) is 3.06. The van der Waals surface area contributed by atoms with E-state index >= 15 is 8.78 Å². The minimum absolute atomic E-state index is 0.0167. The van der Waals surface area contributed by atoms with Gasteiger partial charge in [-0.25, -0.2) is 8.78 Å². The van der Waals surface area contributed by atoms with Gasteiger partial charge in [-0.05, 0) is 98.0 Å². The lowest BCUT2D eigenvalue weighted by molar-refractivity contribution is -0.162. The molecule has 0 aromatic carbocycles. The minimum atomic E-state index is -1.52. The molecular weight excluding hydrogens is 498 g/mol. The molecule has 8 unspecified atom stereocenters. The summed E-state index contributed by atoms with van der Waals surface area (Å²) in [5, 5.41) is 0. The molecule has 0 N–H and O–H groups in total. The van der Waals surface area contributed by atoms with Crippen molar-refractivity contribution in [1.29, 1.82) is 0 Å². The lowest BCUT2D eigenvalue weighted by Gasteiger charge is -2.62. The van der Waals surface area contributed by atoms with Gasteiger partial charge in [0.05, 0.1) is 0 Å². The number of hydrogen-bond donors (Lipinski definition) is 0. The summed E-state index contributed by atoms with van der Waals surface area (Å²) >= 11 is 0. The molecule has 4 aliphatic rings. The van der Waals surface area contributed by atoms with Gasteiger partial charge in [-0.15, -0.1) is 0 Å². The number of fused-ring (bicyclic) bond motifs is 5. The molecule has 3 heteroatoms. The topological polar surface area (TPSA) is 17.1 Å². The number of rotatable bonds is 9. The Labute approximate surface area is 244 Å². The zero-order valence-corrected chi connectivity index (χ0v) is 26.8. The monoisotopic (exact) mass is 554 g/mol. The van der Waals surface area contributed by atoms with E-state index in [1.54, 1.807) is 6.08 Å². The zero-order valence-electron chi connectivity index (χ0n) is 26.8. The van der Waals surface area contributed by atoms with Crippen molar-refractivity contribution in [2.75, 3.05) is 0 Å². The molecule has 0 aromatic rings. The van der Waals surface area contributed by atoms with Crippen molar-refractivity contribution in [3.63, 3.8) is 0 Å². The molecule has 0 spiro atoms. The standard InChI is InChI=1S/C37H56F2O/c1-24(2)12-11-13-25(3)14-15-32(40)36(10)27(23-33(5,6)7)21-28-29-22-31(38)30-20-26(4)16-17-35(30,9)37(29,39)19-18-34(28,36)8/h16-17,20,24,27-29,31H,3-4,11-15,18-19,21-23H2,1-2,5-10H3. The maximum Gasteiger partial charge on any atom is 0.139 e. The highest BCUT2D eigenvalue weighted by Gasteiger charge is 2.73. The van der Waals surface area contributed by atoms with E-state index in [1.807, 2.05) is 19.1 Å². The number of allylic oxidation sites excluding steroid dienone is 6. The second-order valence-electron chi connectivity index (χ2n) is 16.3. The van der Waals surface area contributed by atoms with E-state index in [0.29, 0.717) is 36.5 Å². The number of alkyl halides is 2. The van der Waals surface area contributed by atoms with Crippen LogP contribution in [0, 0.1) is 45.3 Å². The first kappa shape index (κ1) is 31.4. The third-order valence-corrected chi connectivity index (χ3v) is 12.1. The number of ketones is 1. The summed E-state index contributed by atoms with van der Waals surface area (Å²) in [6.45, 7) is 25.9. The summed E-state index contributed by atoms with van der Waals surface area (Å²) in [6, 6.07) is 0. The van der Waals surface area contributed by atoms with Crippen molar-refractivity contribution in [3.05, 3.63) is 48.1 Å². The fourth-order valence-corrected chi connectivity index (χ4v) is 9.57. The summed E-state index contributed by atoms with van der Waals surface area (Å²) in [7, 11) is 0. The van der Waals surface area contributed by atoms with E-state index < -0.39 is 28.6 Å². The van der Waals surface area contributed by atoms with Crippen molar-refractivity contribution in [2.24, 2.45) is 45.3 Å². The SMILES string of the molecule is C=C1C=CC2(C)C(=C1)C(F)CC1C3CC(CC(C)(C)C)C(C)(C(=O)CCC(=C)CCCC(C)C)C3(C)CCC12F.